The number of imide groups is 1. The first-order chi connectivity index (χ1) is 11.9. The molecule has 0 bridgehead atoms. The third-order valence-corrected chi connectivity index (χ3v) is 3.52. The lowest BCUT2D eigenvalue weighted by molar-refractivity contribution is -0.138. The smallest absolute Gasteiger partial charge is 0.269 e. The van der Waals surface area contributed by atoms with E-state index in [0.717, 1.165) is 4.90 Å². The average Bonchev–Trinajstić information content (AvgIpc) is 2.89. The second kappa shape index (κ2) is 8.27. The molecule has 2 N–H and O–H groups in total. The highest BCUT2D eigenvalue weighted by molar-refractivity contribution is 6.02. The molecule has 1 saturated heterocycles. The molecule has 2 rings (SSSR count). The Morgan fingerprint density at radius 2 is 1.68 bits per heavy atom. The Bertz CT molecular complexity index is 653. The summed E-state index contributed by atoms with van der Waals surface area (Å²) >= 11 is 0. The number of hydrogen-bond donors (Lipinski definition) is 2. The third-order valence-electron chi connectivity index (χ3n) is 3.52. The molecule has 1 aliphatic rings. The first kappa shape index (κ1) is 18.4. The first-order valence-corrected chi connectivity index (χ1v) is 8.06. The van der Waals surface area contributed by atoms with E-state index in [2.05, 4.69) is 10.9 Å². The van der Waals surface area contributed by atoms with Gasteiger partial charge in [-0.1, -0.05) is 0 Å². The van der Waals surface area contributed by atoms with Crippen LogP contribution in [0.1, 0.15) is 43.5 Å². The zero-order valence-electron chi connectivity index (χ0n) is 14.2. The van der Waals surface area contributed by atoms with Gasteiger partial charge in [0, 0.05) is 31.4 Å². The fourth-order valence-corrected chi connectivity index (χ4v) is 2.30. The Morgan fingerprint density at radius 3 is 2.24 bits per heavy atom. The number of carbonyl (C=O) groups excluding carboxylic acids is 4. The van der Waals surface area contributed by atoms with Crippen molar-refractivity contribution >= 4 is 23.6 Å². The minimum Gasteiger partial charge on any atom is -0.491 e. The van der Waals surface area contributed by atoms with Gasteiger partial charge in [-0.3, -0.25) is 34.9 Å². The van der Waals surface area contributed by atoms with Crippen molar-refractivity contribution in [3.05, 3.63) is 29.8 Å². The van der Waals surface area contributed by atoms with Gasteiger partial charge in [0.15, 0.2) is 0 Å². The largest absolute Gasteiger partial charge is 0.491 e. The van der Waals surface area contributed by atoms with Gasteiger partial charge in [-0.2, -0.15) is 0 Å². The fraction of sp³-hybridized carbons (Fsp3) is 0.412. The molecule has 8 nitrogen and oxygen atoms in total. The minimum atomic E-state index is -0.486. The lowest BCUT2D eigenvalue weighted by atomic mass is 10.2. The maximum absolute atomic E-state index is 12.0. The predicted octanol–water partition coefficient (Wildman–Crippen LogP) is 0.774. The number of ether oxygens (including phenoxy) is 1. The van der Waals surface area contributed by atoms with E-state index in [-0.39, 0.29) is 43.7 Å². The number of rotatable bonds is 6. The van der Waals surface area contributed by atoms with E-state index >= 15 is 0 Å². The fourth-order valence-electron chi connectivity index (χ4n) is 2.30. The summed E-state index contributed by atoms with van der Waals surface area (Å²) in [6, 6.07) is 6.50. The Labute approximate surface area is 145 Å². The molecule has 1 heterocycles. The molecule has 8 heteroatoms. The van der Waals surface area contributed by atoms with Crippen LogP contribution in [-0.2, 0) is 14.4 Å². The van der Waals surface area contributed by atoms with Crippen LogP contribution in [0.15, 0.2) is 24.3 Å². The van der Waals surface area contributed by atoms with Crippen LogP contribution in [-0.4, -0.2) is 41.2 Å². The van der Waals surface area contributed by atoms with Gasteiger partial charge < -0.3 is 4.74 Å². The number of nitrogens with zero attached hydrogens (tertiary/aromatic N) is 1. The summed E-state index contributed by atoms with van der Waals surface area (Å²) in [5.74, 6) is -0.856. The van der Waals surface area contributed by atoms with Crippen molar-refractivity contribution in [3.8, 4) is 5.75 Å². The SMILES string of the molecule is CC(C)Oc1ccc(C(=O)NNC(=O)CCN2C(=O)CCC2=O)cc1. The van der Waals surface area contributed by atoms with Gasteiger partial charge in [0.25, 0.3) is 5.91 Å². The van der Waals surface area contributed by atoms with E-state index in [4.69, 9.17) is 4.74 Å². The number of nitrogens with one attached hydrogen (secondary N) is 2. The predicted molar refractivity (Wildman–Crippen MR) is 88.4 cm³/mol. The monoisotopic (exact) mass is 347 g/mol. The lowest BCUT2D eigenvalue weighted by Crippen LogP contribution is -2.43. The van der Waals surface area contributed by atoms with Crippen molar-refractivity contribution in [2.45, 2.75) is 39.2 Å². The topological polar surface area (TPSA) is 105 Å². The van der Waals surface area contributed by atoms with Crippen molar-refractivity contribution in [2.75, 3.05) is 6.54 Å². The van der Waals surface area contributed by atoms with Crippen molar-refractivity contribution in [1.29, 1.82) is 0 Å². The molecule has 0 unspecified atom stereocenters. The standard InChI is InChI=1S/C17H21N3O5/c1-11(2)25-13-5-3-12(4-6-13)17(24)19-18-14(21)9-10-20-15(22)7-8-16(20)23/h3-6,11H,7-10H2,1-2H3,(H,18,21)(H,19,24). The molecule has 1 fully saturated rings. The van der Waals surface area contributed by atoms with Gasteiger partial charge in [0.05, 0.1) is 6.10 Å². The van der Waals surface area contributed by atoms with Gasteiger partial charge in [0.1, 0.15) is 5.75 Å². The summed E-state index contributed by atoms with van der Waals surface area (Å²) in [6.45, 7) is 3.82. The van der Waals surface area contributed by atoms with Crippen molar-refractivity contribution in [1.82, 2.24) is 15.8 Å². The summed E-state index contributed by atoms with van der Waals surface area (Å²) in [6.07, 6.45) is 0.341. The van der Waals surface area contributed by atoms with Crippen molar-refractivity contribution < 1.29 is 23.9 Å². The average molecular weight is 347 g/mol. The quantitative estimate of drug-likeness (QED) is 0.584. The number of hydrogen-bond acceptors (Lipinski definition) is 5. The molecular weight excluding hydrogens is 326 g/mol. The number of hydrazine groups is 1. The zero-order valence-corrected chi connectivity index (χ0v) is 14.2. The normalized spacial score (nSPS) is 14.0. The van der Waals surface area contributed by atoms with Gasteiger partial charge in [-0.15, -0.1) is 0 Å². The molecule has 1 aromatic rings. The maximum atomic E-state index is 12.0. The molecule has 1 aromatic carbocycles. The Morgan fingerprint density at radius 1 is 1.08 bits per heavy atom. The summed E-state index contributed by atoms with van der Waals surface area (Å²) in [5.41, 5.74) is 4.91. The number of amides is 4. The van der Waals surface area contributed by atoms with Crippen LogP contribution in [0.5, 0.6) is 5.75 Å². The van der Waals surface area contributed by atoms with Gasteiger partial charge >= 0.3 is 0 Å². The molecule has 134 valence electrons. The number of benzene rings is 1. The van der Waals surface area contributed by atoms with E-state index in [1.807, 2.05) is 13.8 Å². The minimum absolute atomic E-state index is 0.0145. The molecule has 0 saturated carbocycles. The highest BCUT2D eigenvalue weighted by Gasteiger charge is 2.28. The Hall–Kier alpha value is -2.90. The second-order valence-corrected chi connectivity index (χ2v) is 5.88. The van der Waals surface area contributed by atoms with Gasteiger partial charge in [-0.05, 0) is 38.1 Å². The van der Waals surface area contributed by atoms with Crippen LogP contribution in [0.4, 0.5) is 0 Å². The molecule has 1 aliphatic heterocycles. The molecule has 25 heavy (non-hydrogen) atoms. The molecular formula is C17H21N3O5. The molecule has 4 amide bonds. The van der Waals surface area contributed by atoms with Crippen LogP contribution in [0.25, 0.3) is 0 Å². The summed E-state index contributed by atoms with van der Waals surface area (Å²) in [7, 11) is 0. The van der Waals surface area contributed by atoms with E-state index in [1.165, 1.54) is 0 Å². The maximum Gasteiger partial charge on any atom is 0.269 e. The van der Waals surface area contributed by atoms with E-state index in [1.54, 1.807) is 24.3 Å². The molecule has 0 aromatic heterocycles. The van der Waals surface area contributed by atoms with E-state index in [0.29, 0.717) is 11.3 Å². The van der Waals surface area contributed by atoms with Crippen molar-refractivity contribution in [3.63, 3.8) is 0 Å². The molecule has 0 atom stereocenters. The summed E-state index contributed by atoms with van der Waals surface area (Å²) < 4.78 is 5.48. The third kappa shape index (κ3) is 5.30. The Balaban J connectivity index is 1.76. The highest BCUT2D eigenvalue weighted by Crippen LogP contribution is 2.14. The molecule has 0 radical (unpaired) electrons. The second-order valence-electron chi connectivity index (χ2n) is 5.88. The highest BCUT2D eigenvalue weighted by atomic mass is 16.5. The zero-order chi connectivity index (χ0) is 18.4. The van der Waals surface area contributed by atoms with E-state index < -0.39 is 11.8 Å². The number of likely N-dealkylation sites (tertiary alicyclic amines) is 1. The van der Waals surface area contributed by atoms with Crippen molar-refractivity contribution in [2.24, 2.45) is 0 Å². The van der Waals surface area contributed by atoms with Crippen LogP contribution in [0.3, 0.4) is 0 Å². The van der Waals surface area contributed by atoms with Crippen LogP contribution in [0.2, 0.25) is 0 Å². The van der Waals surface area contributed by atoms with Crippen LogP contribution < -0.4 is 15.6 Å². The van der Waals surface area contributed by atoms with Gasteiger partial charge in [0.2, 0.25) is 17.7 Å². The van der Waals surface area contributed by atoms with Crippen LogP contribution >= 0.6 is 0 Å². The van der Waals surface area contributed by atoms with Crippen LogP contribution in [0, 0.1) is 0 Å². The lowest BCUT2D eigenvalue weighted by Gasteiger charge is -2.13. The molecule has 0 spiro atoms. The first-order valence-electron chi connectivity index (χ1n) is 8.06. The van der Waals surface area contributed by atoms with E-state index in [9.17, 15) is 19.2 Å². The Kier molecular flexibility index (Phi) is 6.10. The summed E-state index contributed by atoms with van der Waals surface area (Å²) in [5, 5.41) is 0. The summed E-state index contributed by atoms with van der Waals surface area (Å²) in [4.78, 5) is 47.6. The van der Waals surface area contributed by atoms with Gasteiger partial charge in [-0.25, -0.2) is 0 Å². The number of carbonyl (C=O) groups is 4. The molecule has 0 aliphatic carbocycles.